The molecule has 1 atom stereocenters. The van der Waals surface area contributed by atoms with Gasteiger partial charge in [-0.15, -0.1) is 0 Å². The third kappa shape index (κ3) is 3.37. The standard InChI is InChI=1S/C16H16ClFN2O2.5H2/c1-2-13(19)11-7-8-12(17)15(14(11)18)22-10-5-3-9(4-6-10)16(20)21;;;;;/h3-8,13H,2,19H2,1H3,(H2,20,21);5*1H/t13-;;;;;/m1...../s1. The van der Waals surface area contributed by atoms with Crippen LogP contribution < -0.4 is 16.2 Å². The van der Waals surface area contributed by atoms with E-state index in [1.54, 1.807) is 12.1 Å². The molecule has 0 aliphatic carbocycles. The summed E-state index contributed by atoms with van der Waals surface area (Å²) in [4.78, 5) is 11.0. The van der Waals surface area contributed by atoms with Gasteiger partial charge in [-0.1, -0.05) is 24.6 Å². The second-order valence-corrected chi connectivity index (χ2v) is 5.19. The Hall–Kier alpha value is -2.11. The molecule has 0 heterocycles. The maximum atomic E-state index is 14.5. The van der Waals surface area contributed by atoms with E-state index in [0.717, 1.165) is 0 Å². The minimum absolute atomic E-state index is 0. The largest absolute Gasteiger partial charge is 0.453 e. The summed E-state index contributed by atoms with van der Waals surface area (Å²) in [6, 6.07) is 8.68. The second-order valence-electron chi connectivity index (χ2n) is 4.79. The quantitative estimate of drug-likeness (QED) is 0.807. The van der Waals surface area contributed by atoms with Crippen molar-refractivity contribution in [1.29, 1.82) is 0 Å². The molecule has 0 unspecified atom stereocenters. The van der Waals surface area contributed by atoms with Crippen molar-refractivity contribution in [2.24, 2.45) is 11.5 Å². The lowest BCUT2D eigenvalue weighted by Crippen LogP contribution is -2.11. The van der Waals surface area contributed by atoms with Gasteiger partial charge in [0.2, 0.25) is 5.91 Å². The van der Waals surface area contributed by atoms with Gasteiger partial charge in [-0.05, 0) is 36.8 Å². The highest BCUT2D eigenvalue weighted by Crippen LogP contribution is 2.35. The van der Waals surface area contributed by atoms with Gasteiger partial charge in [0.25, 0.3) is 0 Å². The number of carbonyl (C=O) groups excluding carboxylic acids is 1. The van der Waals surface area contributed by atoms with Gasteiger partial charge in [0.15, 0.2) is 11.6 Å². The van der Waals surface area contributed by atoms with Gasteiger partial charge >= 0.3 is 0 Å². The van der Waals surface area contributed by atoms with Gasteiger partial charge in [-0.25, -0.2) is 4.39 Å². The first-order valence-corrected chi connectivity index (χ1v) is 7.13. The van der Waals surface area contributed by atoms with Gasteiger partial charge < -0.3 is 16.2 Å². The average Bonchev–Trinajstić information content (AvgIpc) is 2.51. The molecule has 4 N–H and O–H groups in total. The molecule has 0 saturated carbocycles. The fourth-order valence-electron chi connectivity index (χ4n) is 1.95. The van der Waals surface area contributed by atoms with Crippen LogP contribution in [-0.2, 0) is 0 Å². The first-order valence-electron chi connectivity index (χ1n) is 6.75. The fourth-order valence-corrected chi connectivity index (χ4v) is 2.14. The first-order chi connectivity index (χ1) is 10.4. The molecule has 4 nitrogen and oxygen atoms in total. The molecule has 0 aromatic heterocycles. The second kappa shape index (κ2) is 6.77. The molecular weight excluding hydrogens is 307 g/mol. The van der Waals surface area contributed by atoms with Crippen LogP contribution in [0.2, 0.25) is 5.02 Å². The Morgan fingerprint density at radius 2 is 1.95 bits per heavy atom. The Balaban J connectivity index is -0.000000529. The van der Waals surface area contributed by atoms with E-state index < -0.39 is 17.8 Å². The fraction of sp³-hybridized carbons (Fsp3) is 0.188. The Kier molecular flexibility index (Phi) is 5.00. The van der Waals surface area contributed by atoms with E-state index in [4.69, 9.17) is 27.8 Å². The Labute approximate surface area is 140 Å². The van der Waals surface area contributed by atoms with Gasteiger partial charge in [0.1, 0.15) is 5.75 Å². The van der Waals surface area contributed by atoms with Gasteiger partial charge in [-0.2, -0.15) is 0 Å². The molecule has 0 fully saturated rings. The van der Waals surface area contributed by atoms with Gasteiger partial charge in [0, 0.05) is 24.3 Å². The molecule has 0 radical (unpaired) electrons. The molecule has 22 heavy (non-hydrogen) atoms. The van der Waals surface area contributed by atoms with Crippen LogP contribution in [0.15, 0.2) is 36.4 Å². The van der Waals surface area contributed by atoms with E-state index in [1.807, 2.05) is 6.92 Å². The Morgan fingerprint density at radius 1 is 1.32 bits per heavy atom. The van der Waals surface area contributed by atoms with E-state index in [2.05, 4.69) is 0 Å². The number of halogens is 2. The minimum atomic E-state index is -0.583. The number of benzene rings is 2. The van der Waals surface area contributed by atoms with Crippen molar-refractivity contribution in [3.63, 3.8) is 0 Å². The third-order valence-electron chi connectivity index (χ3n) is 3.28. The lowest BCUT2D eigenvalue weighted by Gasteiger charge is -2.15. The maximum Gasteiger partial charge on any atom is 0.248 e. The number of amides is 1. The van der Waals surface area contributed by atoms with Crippen LogP contribution in [0.5, 0.6) is 11.5 Å². The number of hydrogen-bond acceptors (Lipinski definition) is 3. The zero-order chi connectivity index (χ0) is 16.3. The molecule has 0 spiro atoms. The number of carbonyl (C=O) groups is 1. The number of hydrogen-bond donors (Lipinski definition) is 2. The summed E-state index contributed by atoms with van der Waals surface area (Å²) in [6.45, 7) is 1.86. The van der Waals surface area contributed by atoms with Crippen molar-refractivity contribution < 1.29 is 21.1 Å². The van der Waals surface area contributed by atoms with Crippen molar-refractivity contribution in [3.8, 4) is 11.5 Å². The topological polar surface area (TPSA) is 78.3 Å². The molecule has 0 saturated heterocycles. The van der Waals surface area contributed by atoms with Crippen molar-refractivity contribution in [1.82, 2.24) is 0 Å². The van der Waals surface area contributed by atoms with Crippen LogP contribution >= 0.6 is 11.6 Å². The Morgan fingerprint density at radius 3 is 2.50 bits per heavy atom. The van der Waals surface area contributed by atoms with Crippen LogP contribution in [0.25, 0.3) is 0 Å². The zero-order valence-corrected chi connectivity index (χ0v) is 12.7. The van der Waals surface area contributed by atoms with Crippen LogP contribution in [0.4, 0.5) is 4.39 Å². The molecule has 2 rings (SSSR count). The SMILES string of the molecule is CC[C@@H](N)c1ccc(Cl)c(Oc2ccc(C(N)=O)cc2)c1F.[HH].[HH].[HH].[HH].[HH]. The highest BCUT2D eigenvalue weighted by atomic mass is 35.5. The molecule has 0 aliphatic heterocycles. The van der Waals surface area contributed by atoms with E-state index in [1.165, 1.54) is 24.3 Å². The number of primary amides is 1. The summed E-state index contributed by atoms with van der Waals surface area (Å²) >= 11 is 6.00. The molecule has 0 bridgehead atoms. The van der Waals surface area contributed by atoms with Crippen molar-refractivity contribution in [2.45, 2.75) is 19.4 Å². The summed E-state index contributed by atoms with van der Waals surface area (Å²) in [7, 11) is 0. The molecule has 0 aliphatic rings. The normalized spacial score (nSPS) is 12.0. The summed E-state index contributed by atoms with van der Waals surface area (Å²) in [6.07, 6.45) is 0.589. The van der Waals surface area contributed by atoms with Crippen molar-refractivity contribution in [3.05, 3.63) is 58.4 Å². The molecular formula is C16H26ClFN2O2. The van der Waals surface area contributed by atoms with E-state index in [9.17, 15) is 9.18 Å². The molecule has 2 aromatic rings. The highest BCUT2D eigenvalue weighted by Gasteiger charge is 2.18. The number of rotatable bonds is 5. The lowest BCUT2D eigenvalue weighted by atomic mass is 10.0. The molecule has 6 heteroatoms. The average molecular weight is 333 g/mol. The molecule has 2 aromatic carbocycles. The van der Waals surface area contributed by atoms with E-state index in [0.29, 0.717) is 23.3 Å². The van der Waals surface area contributed by atoms with E-state index >= 15 is 0 Å². The van der Waals surface area contributed by atoms with Gasteiger partial charge in [-0.3, -0.25) is 4.79 Å². The summed E-state index contributed by atoms with van der Waals surface area (Å²) in [5.41, 5.74) is 11.7. The highest BCUT2D eigenvalue weighted by molar-refractivity contribution is 6.32. The van der Waals surface area contributed by atoms with E-state index in [-0.39, 0.29) is 17.9 Å². The van der Waals surface area contributed by atoms with Crippen LogP contribution in [0.3, 0.4) is 0 Å². The van der Waals surface area contributed by atoms with Gasteiger partial charge in [0.05, 0.1) is 5.02 Å². The molecule has 1 amide bonds. The Bertz CT molecular complexity index is 708. The number of nitrogens with two attached hydrogens (primary N) is 2. The van der Waals surface area contributed by atoms with Crippen LogP contribution in [0, 0.1) is 5.82 Å². The number of ether oxygens (including phenoxy) is 1. The van der Waals surface area contributed by atoms with Crippen molar-refractivity contribution >= 4 is 17.5 Å². The lowest BCUT2D eigenvalue weighted by molar-refractivity contribution is 0.100. The predicted molar refractivity (Wildman–Crippen MR) is 94.2 cm³/mol. The zero-order valence-electron chi connectivity index (χ0n) is 12.0. The summed E-state index contributed by atoms with van der Waals surface area (Å²) in [5, 5.41) is 0.142. The maximum absolute atomic E-state index is 14.5. The third-order valence-corrected chi connectivity index (χ3v) is 3.57. The van der Waals surface area contributed by atoms with Crippen molar-refractivity contribution in [2.75, 3.05) is 0 Å². The monoisotopic (exact) mass is 332 g/mol. The minimum Gasteiger partial charge on any atom is -0.453 e. The molecule has 126 valence electrons. The smallest absolute Gasteiger partial charge is 0.248 e. The van der Waals surface area contributed by atoms with Crippen LogP contribution in [0.1, 0.15) is 42.4 Å². The summed E-state index contributed by atoms with van der Waals surface area (Å²) in [5.74, 6) is -0.879. The predicted octanol–water partition coefficient (Wildman–Crippen LogP) is 5.01. The first kappa shape index (κ1) is 16.3. The summed E-state index contributed by atoms with van der Waals surface area (Å²) < 4.78 is 20.0. The van der Waals surface area contributed by atoms with Crippen LogP contribution in [-0.4, -0.2) is 5.91 Å².